The van der Waals surface area contributed by atoms with Crippen molar-refractivity contribution in [1.82, 2.24) is 20.1 Å². The highest BCUT2D eigenvalue weighted by atomic mass is 32.1. The second-order valence-corrected chi connectivity index (χ2v) is 7.50. The maximum Gasteiger partial charge on any atom is 0.222 e. The first-order chi connectivity index (χ1) is 11.1. The molecular formula is C16H22N4OS2. The van der Waals surface area contributed by atoms with Crippen LogP contribution < -0.4 is 5.32 Å². The van der Waals surface area contributed by atoms with Gasteiger partial charge in [0.2, 0.25) is 5.91 Å². The maximum atomic E-state index is 12.3. The molecule has 1 aliphatic carbocycles. The van der Waals surface area contributed by atoms with Crippen molar-refractivity contribution in [2.24, 2.45) is 5.92 Å². The van der Waals surface area contributed by atoms with Crippen LogP contribution in [0.5, 0.6) is 0 Å². The molecule has 2 aromatic rings. The van der Waals surface area contributed by atoms with Crippen LogP contribution in [0.2, 0.25) is 0 Å². The van der Waals surface area contributed by atoms with Gasteiger partial charge in [-0.05, 0) is 42.4 Å². The van der Waals surface area contributed by atoms with Crippen LogP contribution >= 0.6 is 23.6 Å². The van der Waals surface area contributed by atoms with Crippen LogP contribution in [0.3, 0.4) is 0 Å². The third-order valence-electron chi connectivity index (χ3n) is 4.52. The summed E-state index contributed by atoms with van der Waals surface area (Å²) in [5, 5.41) is 12.3. The molecule has 0 aliphatic heterocycles. The van der Waals surface area contributed by atoms with E-state index in [9.17, 15) is 4.79 Å². The molecule has 7 heteroatoms. The first-order valence-electron chi connectivity index (χ1n) is 8.13. The van der Waals surface area contributed by atoms with Crippen molar-refractivity contribution >= 4 is 29.5 Å². The van der Waals surface area contributed by atoms with Crippen molar-refractivity contribution in [3.8, 4) is 10.7 Å². The van der Waals surface area contributed by atoms with Crippen LogP contribution in [0.25, 0.3) is 10.7 Å². The Labute approximate surface area is 145 Å². The predicted octanol–water partition coefficient (Wildman–Crippen LogP) is 3.75. The summed E-state index contributed by atoms with van der Waals surface area (Å²) in [6.07, 6.45) is 5.22. The first-order valence-corrected chi connectivity index (χ1v) is 9.42. The van der Waals surface area contributed by atoms with Gasteiger partial charge in [-0.2, -0.15) is 5.10 Å². The summed E-state index contributed by atoms with van der Waals surface area (Å²) in [6, 6.07) is 4.32. The Bertz CT molecular complexity index is 704. The zero-order chi connectivity index (χ0) is 16.2. The molecule has 2 atom stereocenters. The van der Waals surface area contributed by atoms with E-state index in [0.29, 0.717) is 29.7 Å². The van der Waals surface area contributed by atoms with Gasteiger partial charge in [-0.25, -0.2) is 0 Å². The van der Waals surface area contributed by atoms with Crippen molar-refractivity contribution in [3.05, 3.63) is 22.3 Å². The Morgan fingerprint density at radius 1 is 1.52 bits per heavy atom. The topological polar surface area (TPSA) is 62.7 Å². The number of thiophene rings is 1. The molecule has 3 rings (SSSR count). The summed E-state index contributed by atoms with van der Waals surface area (Å²) in [4.78, 5) is 13.3. The Morgan fingerprint density at radius 3 is 3.09 bits per heavy atom. The fourth-order valence-electron chi connectivity index (χ4n) is 3.14. The van der Waals surface area contributed by atoms with Gasteiger partial charge in [-0.1, -0.05) is 25.8 Å². The van der Waals surface area contributed by atoms with E-state index in [-0.39, 0.29) is 5.91 Å². The van der Waals surface area contributed by atoms with Gasteiger partial charge in [-0.3, -0.25) is 14.5 Å². The molecule has 2 heterocycles. The minimum Gasteiger partial charge on any atom is -0.353 e. The molecule has 1 aliphatic rings. The standard InChI is InChI=1S/C16H22N4OS2/c1-11-5-2-3-6-12(11)17-14(21)8-9-20-15(18-19-16(20)22)13-7-4-10-23-13/h4,7,10-12H,2-3,5-6,8-9H2,1H3,(H,17,21)(H,19,22). The summed E-state index contributed by atoms with van der Waals surface area (Å²) in [5.41, 5.74) is 0. The first kappa shape index (κ1) is 16.4. The number of hydrogen-bond donors (Lipinski definition) is 2. The largest absolute Gasteiger partial charge is 0.353 e. The summed E-state index contributed by atoms with van der Waals surface area (Å²) >= 11 is 6.91. The highest BCUT2D eigenvalue weighted by Gasteiger charge is 2.22. The van der Waals surface area contributed by atoms with Gasteiger partial charge in [0, 0.05) is 19.0 Å². The van der Waals surface area contributed by atoms with E-state index in [1.165, 1.54) is 19.3 Å². The lowest BCUT2D eigenvalue weighted by Crippen LogP contribution is -2.41. The van der Waals surface area contributed by atoms with Crippen molar-refractivity contribution < 1.29 is 4.79 Å². The van der Waals surface area contributed by atoms with Crippen LogP contribution in [0.1, 0.15) is 39.0 Å². The van der Waals surface area contributed by atoms with Gasteiger partial charge in [0.15, 0.2) is 10.6 Å². The van der Waals surface area contributed by atoms with Gasteiger partial charge in [0.1, 0.15) is 0 Å². The Hall–Kier alpha value is -1.47. The van der Waals surface area contributed by atoms with Crippen molar-refractivity contribution in [2.75, 3.05) is 0 Å². The molecule has 0 radical (unpaired) electrons. The minimum atomic E-state index is 0.101. The lowest BCUT2D eigenvalue weighted by molar-refractivity contribution is -0.122. The molecule has 124 valence electrons. The van der Waals surface area contributed by atoms with E-state index in [2.05, 4.69) is 22.4 Å². The number of carbonyl (C=O) groups excluding carboxylic acids is 1. The van der Waals surface area contributed by atoms with Gasteiger partial charge in [0.05, 0.1) is 4.88 Å². The van der Waals surface area contributed by atoms with Gasteiger partial charge < -0.3 is 5.32 Å². The number of aromatic amines is 1. The number of H-pyrrole nitrogens is 1. The second kappa shape index (κ2) is 7.40. The molecule has 23 heavy (non-hydrogen) atoms. The van der Waals surface area contributed by atoms with Gasteiger partial charge in [-0.15, -0.1) is 11.3 Å². The van der Waals surface area contributed by atoms with Gasteiger partial charge >= 0.3 is 0 Å². The van der Waals surface area contributed by atoms with E-state index in [4.69, 9.17) is 12.2 Å². The Kier molecular flexibility index (Phi) is 5.27. The molecule has 1 saturated carbocycles. The summed E-state index contributed by atoms with van der Waals surface area (Å²) in [5.74, 6) is 1.48. The number of carbonyl (C=O) groups is 1. The van der Waals surface area contributed by atoms with Crippen LogP contribution in [0, 0.1) is 10.7 Å². The predicted molar refractivity (Wildman–Crippen MR) is 94.9 cm³/mol. The maximum absolute atomic E-state index is 12.3. The molecule has 1 fully saturated rings. The lowest BCUT2D eigenvalue weighted by atomic mass is 9.86. The van der Waals surface area contributed by atoms with Crippen molar-refractivity contribution in [3.63, 3.8) is 0 Å². The van der Waals surface area contributed by atoms with Crippen molar-refractivity contribution in [1.29, 1.82) is 0 Å². The molecule has 2 N–H and O–H groups in total. The fourth-order valence-corrected chi connectivity index (χ4v) is 4.09. The molecule has 1 amide bonds. The number of nitrogens with one attached hydrogen (secondary N) is 2. The SMILES string of the molecule is CC1CCCCC1NC(=O)CCn1c(-c2cccs2)n[nH]c1=S. The number of hydrogen-bond acceptors (Lipinski definition) is 4. The average Bonchev–Trinajstić information content (AvgIpc) is 3.17. The normalized spacial score (nSPS) is 21.3. The molecular weight excluding hydrogens is 328 g/mol. The number of aromatic nitrogens is 3. The van der Waals surface area contributed by atoms with Crippen LogP contribution in [-0.4, -0.2) is 26.7 Å². The second-order valence-electron chi connectivity index (χ2n) is 6.17. The summed E-state index contributed by atoms with van der Waals surface area (Å²) in [7, 11) is 0. The zero-order valence-electron chi connectivity index (χ0n) is 13.2. The van der Waals surface area contributed by atoms with Crippen LogP contribution in [-0.2, 0) is 11.3 Å². The minimum absolute atomic E-state index is 0.101. The van der Waals surface area contributed by atoms with Crippen molar-refractivity contribution in [2.45, 2.75) is 51.6 Å². The van der Waals surface area contributed by atoms with E-state index < -0.39 is 0 Å². The number of rotatable bonds is 5. The average molecular weight is 351 g/mol. The molecule has 0 spiro atoms. The highest BCUT2D eigenvalue weighted by Crippen LogP contribution is 2.24. The molecule has 2 unspecified atom stereocenters. The van der Waals surface area contributed by atoms with Crippen LogP contribution in [0.15, 0.2) is 17.5 Å². The van der Waals surface area contributed by atoms with E-state index in [0.717, 1.165) is 17.1 Å². The smallest absolute Gasteiger partial charge is 0.222 e. The molecule has 0 bridgehead atoms. The van der Waals surface area contributed by atoms with E-state index in [1.807, 2.05) is 22.1 Å². The van der Waals surface area contributed by atoms with Crippen LogP contribution in [0.4, 0.5) is 0 Å². The highest BCUT2D eigenvalue weighted by molar-refractivity contribution is 7.71. The number of nitrogens with zero attached hydrogens (tertiary/aromatic N) is 2. The van der Waals surface area contributed by atoms with E-state index >= 15 is 0 Å². The molecule has 0 aromatic carbocycles. The Morgan fingerprint density at radius 2 is 2.35 bits per heavy atom. The molecule has 5 nitrogen and oxygen atoms in total. The zero-order valence-corrected chi connectivity index (χ0v) is 14.9. The third-order valence-corrected chi connectivity index (χ3v) is 5.70. The number of amides is 1. The summed E-state index contributed by atoms with van der Waals surface area (Å²) in [6.45, 7) is 2.78. The monoisotopic (exact) mass is 350 g/mol. The van der Waals surface area contributed by atoms with E-state index in [1.54, 1.807) is 11.3 Å². The molecule has 0 saturated heterocycles. The quantitative estimate of drug-likeness (QED) is 0.807. The third kappa shape index (κ3) is 3.90. The van der Waals surface area contributed by atoms with Gasteiger partial charge in [0.25, 0.3) is 0 Å². The Balaban J connectivity index is 1.61. The fraction of sp³-hybridized carbons (Fsp3) is 0.562. The lowest BCUT2D eigenvalue weighted by Gasteiger charge is -2.29. The molecule has 2 aromatic heterocycles. The summed E-state index contributed by atoms with van der Waals surface area (Å²) < 4.78 is 2.47.